The highest BCUT2D eigenvalue weighted by atomic mass is 35.5. The molecule has 0 aromatic heterocycles. The zero-order chi connectivity index (χ0) is 18.7. The maximum absolute atomic E-state index is 12.3. The highest BCUT2D eigenvalue weighted by Crippen LogP contribution is 2.19. The van der Waals surface area contributed by atoms with Crippen LogP contribution in [0.1, 0.15) is 5.56 Å². The minimum atomic E-state index is -3.67. The first-order valence-electron chi connectivity index (χ1n) is 8.09. The second-order valence-corrected chi connectivity index (χ2v) is 8.28. The number of benzene rings is 2. The Hall–Kier alpha value is -1.93. The van der Waals surface area contributed by atoms with Crippen molar-refractivity contribution in [3.05, 3.63) is 59.1 Å². The quantitative estimate of drug-likeness (QED) is 0.844. The zero-order valence-electron chi connectivity index (χ0n) is 14.2. The molecule has 1 saturated heterocycles. The number of halogens is 1. The van der Waals surface area contributed by atoms with E-state index in [2.05, 4.69) is 4.72 Å². The molecule has 0 spiro atoms. The van der Waals surface area contributed by atoms with E-state index in [1.807, 2.05) is 31.2 Å². The maximum Gasteiger partial charge on any atom is 0.253 e. The third-order valence-electron chi connectivity index (χ3n) is 4.10. The lowest BCUT2D eigenvalue weighted by Crippen LogP contribution is -2.50. The van der Waals surface area contributed by atoms with Gasteiger partial charge in [-0.15, -0.1) is 0 Å². The van der Waals surface area contributed by atoms with Crippen molar-refractivity contribution in [2.45, 2.75) is 17.9 Å². The molecule has 0 saturated carbocycles. The topological polar surface area (TPSA) is 75.7 Å². The maximum atomic E-state index is 12.3. The predicted molar refractivity (Wildman–Crippen MR) is 99.9 cm³/mol. The Labute approximate surface area is 157 Å². The van der Waals surface area contributed by atoms with E-state index in [1.165, 1.54) is 24.3 Å². The van der Waals surface area contributed by atoms with Crippen molar-refractivity contribution < 1.29 is 17.9 Å². The van der Waals surface area contributed by atoms with Crippen molar-refractivity contribution in [1.82, 2.24) is 4.72 Å². The van der Waals surface area contributed by atoms with Crippen LogP contribution in [0.5, 0.6) is 0 Å². The lowest BCUT2D eigenvalue weighted by molar-refractivity contribution is -0.129. The van der Waals surface area contributed by atoms with Gasteiger partial charge in [0.05, 0.1) is 17.5 Å². The summed E-state index contributed by atoms with van der Waals surface area (Å²) in [7, 11) is -3.67. The average molecular weight is 395 g/mol. The second-order valence-electron chi connectivity index (χ2n) is 6.08. The van der Waals surface area contributed by atoms with Gasteiger partial charge in [-0.1, -0.05) is 29.3 Å². The van der Waals surface area contributed by atoms with Crippen molar-refractivity contribution in [3.8, 4) is 0 Å². The minimum Gasteiger partial charge on any atom is -0.365 e. The smallest absolute Gasteiger partial charge is 0.253 e. The molecule has 6 nitrogen and oxygen atoms in total. The molecule has 2 aromatic carbocycles. The number of hydrogen-bond acceptors (Lipinski definition) is 4. The fraction of sp³-hybridized carbons (Fsp3) is 0.278. The molecule has 0 aliphatic carbocycles. The van der Waals surface area contributed by atoms with Gasteiger partial charge >= 0.3 is 0 Å². The monoisotopic (exact) mass is 394 g/mol. The molecule has 1 aliphatic rings. The standard InChI is InChI=1S/C18H19ClN2O4S/c1-13-2-6-15(7-3-13)21-11-16(25-12-18(21)22)10-20-26(23,24)17-8-4-14(19)5-9-17/h2-9,16,20H,10-12H2,1H3. The number of morpholine rings is 1. The molecule has 1 atom stereocenters. The highest BCUT2D eigenvalue weighted by Gasteiger charge is 2.28. The van der Waals surface area contributed by atoms with E-state index >= 15 is 0 Å². The van der Waals surface area contributed by atoms with Crippen LogP contribution >= 0.6 is 11.6 Å². The summed E-state index contributed by atoms with van der Waals surface area (Å²) in [6, 6.07) is 13.5. The van der Waals surface area contributed by atoms with Gasteiger partial charge in [-0.3, -0.25) is 4.79 Å². The summed E-state index contributed by atoms with van der Waals surface area (Å²) in [5, 5.41) is 0.465. The van der Waals surface area contributed by atoms with Crippen molar-refractivity contribution in [2.24, 2.45) is 0 Å². The molecule has 1 aliphatic heterocycles. The Morgan fingerprint density at radius 1 is 1.15 bits per heavy atom. The van der Waals surface area contributed by atoms with E-state index < -0.39 is 16.1 Å². The third-order valence-corrected chi connectivity index (χ3v) is 5.79. The summed E-state index contributed by atoms with van der Waals surface area (Å²) in [5.41, 5.74) is 1.87. The number of anilines is 1. The summed E-state index contributed by atoms with van der Waals surface area (Å²) in [4.78, 5) is 13.9. The number of rotatable bonds is 5. The minimum absolute atomic E-state index is 0.0700. The first-order valence-corrected chi connectivity index (χ1v) is 9.95. The number of nitrogens with one attached hydrogen (secondary N) is 1. The summed E-state index contributed by atoms with van der Waals surface area (Å²) in [6.07, 6.45) is -0.434. The largest absolute Gasteiger partial charge is 0.365 e. The van der Waals surface area contributed by atoms with Crippen LogP contribution in [0.3, 0.4) is 0 Å². The van der Waals surface area contributed by atoms with Gasteiger partial charge in [-0.2, -0.15) is 0 Å². The lowest BCUT2D eigenvalue weighted by atomic mass is 10.2. The molecule has 1 unspecified atom stereocenters. The normalized spacial score (nSPS) is 18.2. The van der Waals surface area contributed by atoms with Gasteiger partial charge in [0.1, 0.15) is 6.61 Å². The van der Waals surface area contributed by atoms with Crippen LogP contribution in [0.4, 0.5) is 5.69 Å². The van der Waals surface area contributed by atoms with Crippen molar-refractivity contribution in [1.29, 1.82) is 0 Å². The van der Waals surface area contributed by atoms with Crippen LogP contribution in [-0.2, 0) is 19.6 Å². The van der Waals surface area contributed by atoms with Crippen molar-refractivity contribution in [3.63, 3.8) is 0 Å². The molecule has 0 bridgehead atoms. The van der Waals surface area contributed by atoms with Crippen LogP contribution in [0.2, 0.25) is 5.02 Å². The molecule has 1 amide bonds. The van der Waals surface area contributed by atoms with Crippen LogP contribution < -0.4 is 9.62 Å². The lowest BCUT2D eigenvalue weighted by Gasteiger charge is -2.32. The average Bonchev–Trinajstić information content (AvgIpc) is 2.62. The van der Waals surface area contributed by atoms with Crippen LogP contribution in [0, 0.1) is 6.92 Å². The van der Waals surface area contributed by atoms with Gasteiger partial charge in [-0.25, -0.2) is 13.1 Å². The number of carbonyl (C=O) groups is 1. The van der Waals surface area contributed by atoms with Gasteiger partial charge in [0.2, 0.25) is 10.0 Å². The molecule has 0 radical (unpaired) electrons. The van der Waals surface area contributed by atoms with Crippen LogP contribution in [-0.4, -0.2) is 40.1 Å². The van der Waals surface area contributed by atoms with E-state index in [4.69, 9.17) is 16.3 Å². The molecule has 1 heterocycles. The Bertz CT molecular complexity index is 882. The molecular weight excluding hydrogens is 376 g/mol. The van der Waals surface area contributed by atoms with E-state index in [0.29, 0.717) is 5.02 Å². The summed E-state index contributed by atoms with van der Waals surface area (Å²) in [6.45, 7) is 2.24. The Balaban J connectivity index is 1.65. The molecule has 26 heavy (non-hydrogen) atoms. The number of sulfonamides is 1. The molecule has 138 valence electrons. The number of aryl methyl sites for hydroxylation is 1. The van der Waals surface area contributed by atoms with E-state index in [9.17, 15) is 13.2 Å². The van der Waals surface area contributed by atoms with Gasteiger partial charge in [0.25, 0.3) is 5.91 Å². The summed E-state index contributed by atoms with van der Waals surface area (Å²) >= 11 is 5.79. The Kier molecular flexibility index (Phi) is 5.62. The summed E-state index contributed by atoms with van der Waals surface area (Å²) < 4.78 is 32.7. The second kappa shape index (κ2) is 7.75. The van der Waals surface area contributed by atoms with Gasteiger partial charge < -0.3 is 9.64 Å². The molecule has 1 fully saturated rings. The third kappa shape index (κ3) is 4.42. The molecule has 2 aromatic rings. The number of ether oxygens (including phenoxy) is 1. The molecule has 3 rings (SSSR count). The highest BCUT2D eigenvalue weighted by molar-refractivity contribution is 7.89. The van der Waals surface area contributed by atoms with Gasteiger partial charge in [0, 0.05) is 17.3 Å². The number of hydrogen-bond donors (Lipinski definition) is 1. The van der Waals surface area contributed by atoms with Gasteiger partial charge in [-0.05, 0) is 43.3 Å². The van der Waals surface area contributed by atoms with E-state index in [1.54, 1.807) is 4.90 Å². The summed E-state index contributed by atoms with van der Waals surface area (Å²) in [5.74, 6) is -0.148. The fourth-order valence-electron chi connectivity index (χ4n) is 2.62. The number of carbonyl (C=O) groups excluding carboxylic acids is 1. The molecular formula is C18H19ClN2O4S. The van der Waals surface area contributed by atoms with Crippen LogP contribution in [0.15, 0.2) is 53.4 Å². The SMILES string of the molecule is Cc1ccc(N2CC(CNS(=O)(=O)c3ccc(Cl)cc3)OCC2=O)cc1. The Morgan fingerprint density at radius 3 is 2.46 bits per heavy atom. The molecule has 8 heteroatoms. The van der Waals surface area contributed by atoms with Crippen LogP contribution in [0.25, 0.3) is 0 Å². The van der Waals surface area contributed by atoms with Crippen molar-refractivity contribution >= 4 is 33.2 Å². The fourth-order valence-corrected chi connectivity index (χ4v) is 3.81. The van der Waals surface area contributed by atoms with E-state index in [0.717, 1.165) is 11.3 Å². The van der Waals surface area contributed by atoms with E-state index in [-0.39, 0.29) is 30.5 Å². The first kappa shape index (κ1) is 18.8. The van der Waals surface area contributed by atoms with Crippen molar-refractivity contribution in [2.75, 3.05) is 24.6 Å². The predicted octanol–water partition coefficient (Wildman–Crippen LogP) is 2.36. The Morgan fingerprint density at radius 2 is 1.81 bits per heavy atom. The molecule has 1 N–H and O–H groups in total. The first-order chi connectivity index (χ1) is 12.3. The number of nitrogens with zero attached hydrogens (tertiary/aromatic N) is 1. The number of amides is 1. The zero-order valence-corrected chi connectivity index (χ0v) is 15.8. The van der Waals surface area contributed by atoms with Gasteiger partial charge in [0.15, 0.2) is 0 Å².